The average Bonchev–Trinajstić information content (AvgIpc) is 3.20. The zero-order chi connectivity index (χ0) is 18.8. The lowest BCUT2D eigenvalue weighted by atomic mass is 10.0. The Balaban J connectivity index is 1.64. The van der Waals surface area contributed by atoms with Crippen LogP contribution in [-0.2, 0) is 17.6 Å². The first-order valence-electron chi connectivity index (χ1n) is 8.55. The zero-order valence-electron chi connectivity index (χ0n) is 15.4. The van der Waals surface area contributed by atoms with Crippen molar-refractivity contribution in [3.8, 4) is 0 Å². The van der Waals surface area contributed by atoms with Crippen molar-refractivity contribution in [3.63, 3.8) is 0 Å². The number of amides is 2. The molecule has 0 unspecified atom stereocenters. The average molecular weight is 370 g/mol. The summed E-state index contributed by atoms with van der Waals surface area (Å²) in [4.78, 5) is 26.2. The van der Waals surface area contributed by atoms with E-state index in [0.29, 0.717) is 4.88 Å². The topological polar surface area (TPSA) is 71.3 Å². The van der Waals surface area contributed by atoms with Crippen LogP contribution in [-0.4, -0.2) is 11.8 Å². The summed E-state index contributed by atoms with van der Waals surface area (Å²) in [5.74, 6) is -0.585. The number of carbonyl (C=O) groups excluding carboxylic acids is 2. The lowest BCUT2D eigenvalue weighted by molar-refractivity contribution is -0.121. The molecule has 6 heteroatoms. The quantitative estimate of drug-likeness (QED) is 0.682. The number of benzene rings is 1. The van der Waals surface area contributed by atoms with Gasteiger partial charge in [-0.2, -0.15) is 0 Å². The summed E-state index contributed by atoms with van der Waals surface area (Å²) in [7, 11) is 0. The highest BCUT2D eigenvalue weighted by atomic mass is 32.1. The van der Waals surface area contributed by atoms with Crippen LogP contribution in [0, 0.1) is 20.8 Å². The van der Waals surface area contributed by atoms with E-state index in [0.717, 1.165) is 39.6 Å². The number of furan rings is 1. The fourth-order valence-electron chi connectivity index (χ4n) is 2.91. The molecule has 5 nitrogen and oxygen atoms in total. The molecule has 0 aliphatic heterocycles. The maximum atomic E-state index is 12.2. The van der Waals surface area contributed by atoms with Crippen molar-refractivity contribution >= 4 is 34.1 Å². The van der Waals surface area contributed by atoms with E-state index in [1.807, 2.05) is 39.0 Å². The predicted molar refractivity (Wildman–Crippen MR) is 103 cm³/mol. The number of aryl methyl sites for hydroxylation is 4. The number of hydrogen-bond donors (Lipinski definition) is 2. The van der Waals surface area contributed by atoms with Crippen LogP contribution >= 0.6 is 11.3 Å². The van der Waals surface area contributed by atoms with Gasteiger partial charge < -0.3 is 4.42 Å². The monoisotopic (exact) mass is 370 g/mol. The van der Waals surface area contributed by atoms with E-state index in [4.69, 9.17) is 4.42 Å². The Morgan fingerprint density at radius 2 is 1.88 bits per heavy atom. The van der Waals surface area contributed by atoms with Crippen molar-refractivity contribution < 1.29 is 14.0 Å². The maximum Gasteiger partial charge on any atom is 0.279 e. The fraction of sp³-hybridized carbons (Fsp3) is 0.300. The molecule has 2 heterocycles. The minimum atomic E-state index is -0.297. The molecule has 0 spiro atoms. The molecular formula is C20H22N2O3S. The van der Waals surface area contributed by atoms with Crippen molar-refractivity contribution in [3.05, 3.63) is 56.5 Å². The second-order valence-corrected chi connectivity index (χ2v) is 7.53. The molecular weight excluding hydrogens is 348 g/mol. The molecule has 0 saturated carbocycles. The molecule has 26 heavy (non-hydrogen) atoms. The van der Waals surface area contributed by atoms with Crippen molar-refractivity contribution in [2.24, 2.45) is 0 Å². The van der Waals surface area contributed by atoms with Crippen LogP contribution in [0.1, 0.15) is 43.7 Å². The molecule has 3 aromatic rings. The van der Waals surface area contributed by atoms with Crippen LogP contribution in [0.25, 0.3) is 11.0 Å². The SMILES string of the molecule is CCc1sc(C(=O)NNC(=O)Cc2coc3c(C)c(C)ccc23)cc1C. The van der Waals surface area contributed by atoms with E-state index in [-0.39, 0.29) is 18.2 Å². The van der Waals surface area contributed by atoms with Gasteiger partial charge in [-0.25, -0.2) is 0 Å². The molecule has 1 aromatic carbocycles. The first-order valence-corrected chi connectivity index (χ1v) is 9.37. The highest BCUT2D eigenvalue weighted by Gasteiger charge is 2.15. The van der Waals surface area contributed by atoms with Crippen LogP contribution in [0.5, 0.6) is 0 Å². The van der Waals surface area contributed by atoms with Crippen LogP contribution in [0.4, 0.5) is 0 Å². The fourth-order valence-corrected chi connectivity index (χ4v) is 3.92. The Morgan fingerprint density at radius 3 is 2.58 bits per heavy atom. The summed E-state index contributed by atoms with van der Waals surface area (Å²) in [6.45, 7) is 8.06. The third-order valence-corrected chi connectivity index (χ3v) is 5.95. The first kappa shape index (κ1) is 18.2. The summed E-state index contributed by atoms with van der Waals surface area (Å²) in [6.07, 6.45) is 2.64. The minimum absolute atomic E-state index is 0.138. The van der Waals surface area contributed by atoms with Gasteiger partial charge in [0.05, 0.1) is 17.6 Å². The molecule has 2 N–H and O–H groups in total. The normalized spacial score (nSPS) is 10.9. The summed E-state index contributed by atoms with van der Waals surface area (Å²) in [6, 6.07) is 5.82. The van der Waals surface area contributed by atoms with Gasteiger partial charge in [-0.1, -0.05) is 19.1 Å². The largest absolute Gasteiger partial charge is 0.464 e. The summed E-state index contributed by atoms with van der Waals surface area (Å²) in [5, 5.41) is 0.927. The van der Waals surface area contributed by atoms with Crippen molar-refractivity contribution in [2.45, 2.75) is 40.5 Å². The highest BCUT2D eigenvalue weighted by molar-refractivity contribution is 7.14. The molecule has 0 aliphatic rings. The van der Waals surface area contributed by atoms with Gasteiger partial charge in [-0.15, -0.1) is 11.3 Å². The van der Waals surface area contributed by atoms with E-state index in [2.05, 4.69) is 17.8 Å². The second-order valence-electron chi connectivity index (χ2n) is 6.39. The third-order valence-electron chi connectivity index (χ3n) is 4.57. The van der Waals surface area contributed by atoms with Gasteiger partial charge >= 0.3 is 0 Å². The summed E-state index contributed by atoms with van der Waals surface area (Å²) in [5.41, 5.74) is 9.89. The number of fused-ring (bicyclic) bond motifs is 1. The molecule has 0 saturated heterocycles. The Kier molecular flexibility index (Phi) is 5.13. The molecule has 0 atom stereocenters. The van der Waals surface area contributed by atoms with Crippen LogP contribution in [0.15, 0.2) is 28.9 Å². The van der Waals surface area contributed by atoms with Gasteiger partial charge in [0, 0.05) is 15.8 Å². The molecule has 2 aromatic heterocycles. The number of nitrogens with one attached hydrogen (secondary N) is 2. The number of hydrazine groups is 1. The number of thiophene rings is 1. The Labute approximate surface area is 156 Å². The second kappa shape index (κ2) is 7.33. The lowest BCUT2D eigenvalue weighted by Crippen LogP contribution is -2.42. The van der Waals surface area contributed by atoms with Gasteiger partial charge in [0.2, 0.25) is 5.91 Å². The molecule has 2 amide bonds. The van der Waals surface area contributed by atoms with Gasteiger partial charge in [0.15, 0.2) is 0 Å². The zero-order valence-corrected chi connectivity index (χ0v) is 16.2. The first-order chi connectivity index (χ1) is 12.4. The smallest absolute Gasteiger partial charge is 0.279 e. The van der Waals surface area contributed by atoms with Crippen molar-refractivity contribution in [1.29, 1.82) is 0 Å². The Hall–Kier alpha value is -2.60. The Bertz CT molecular complexity index is 985. The predicted octanol–water partition coefficient (Wildman–Crippen LogP) is 3.99. The number of carbonyl (C=O) groups is 2. The van der Waals surface area contributed by atoms with E-state index in [1.165, 1.54) is 16.2 Å². The Morgan fingerprint density at radius 1 is 1.12 bits per heavy atom. The summed E-state index contributed by atoms with van der Waals surface area (Å²) >= 11 is 1.45. The van der Waals surface area contributed by atoms with Crippen LogP contribution in [0.2, 0.25) is 0 Å². The number of rotatable bonds is 4. The van der Waals surface area contributed by atoms with Crippen molar-refractivity contribution in [1.82, 2.24) is 10.9 Å². The molecule has 0 bridgehead atoms. The van der Waals surface area contributed by atoms with Crippen molar-refractivity contribution in [2.75, 3.05) is 0 Å². The molecule has 136 valence electrons. The van der Waals surface area contributed by atoms with E-state index >= 15 is 0 Å². The van der Waals surface area contributed by atoms with Gasteiger partial charge in [-0.05, 0) is 49.9 Å². The van der Waals surface area contributed by atoms with E-state index < -0.39 is 0 Å². The molecule has 0 fully saturated rings. The van der Waals surface area contributed by atoms with Crippen LogP contribution in [0.3, 0.4) is 0 Å². The molecule has 3 rings (SSSR count). The standard InChI is InChI=1S/C20H22N2O3S/c1-5-16-12(3)8-17(26-16)20(24)22-21-18(23)9-14-10-25-19-13(4)11(2)6-7-15(14)19/h6-8,10H,5,9H2,1-4H3,(H,21,23)(H,22,24). The number of hydrogen-bond acceptors (Lipinski definition) is 4. The van der Waals surface area contributed by atoms with E-state index in [1.54, 1.807) is 6.26 Å². The maximum absolute atomic E-state index is 12.2. The third kappa shape index (κ3) is 3.51. The van der Waals surface area contributed by atoms with Gasteiger partial charge in [0.25, 0.3) is 5.91 Å². The van der Waals surface area contributed by atoms with Gasteiger partial charge in [-0.3, -0.25) is 20.4 Å². The lowest BCUT2D eigenvalue weighted by Gasteiger charge is -2.06. The van der Waals surface area contributed by atoms with Gasteiger partial charge in [0.1, 0.15) is 5.58 Å². The highest BCUT2D eigenvalue weighted by Crippen LogP contribution is 2.26. The van der Waals surface area contributed by atoms with E-state index in [9.17, 15) is 9.59 Å². The summed E-state index contributed by atoms with van der Waals surface area (Å²) < 4.78 is 5.62. The molecule has 0 radical (unpaired) electrons. The minimum Gasteiger partial charge on any atom is -0.464 e. The van der Waals surface area contributed by atoms with Crippen LogP contribution < -0.4 is 10.9 Å². The molecule has 0 aliphatic carbocycles.